The molecule has 0 heterocycles. The average Bonchev–Trinajstić information content (AvgIpc) is 2.27. The largest absolute Gasteiger partial charge is 0.299 e. The van der Waals surface area contributed by atoms with Crippen LogP contribution < -0.4 is 0 Å². The van der Waals surface area contributed by atoms with Crippen LogP contribution in [-0.4, -0.2) is 5.78 Å². The van der Waals surface area contributed by atoms with Crippen LogP contribution in [0.3, 0.4) is 0 Å². The third-order valence-corrected chi connectivity index (χ3v) is 5.64. The lowest BCUT2D eigenvalue weighted by molar-refractivity contribution is -0.144. The molecule has 0 aromatic carbocycles. The molecule has 0 aromatic rings. The second-order valence-corrected chi connectivity index (χ2v) is 7.08. The summed E-state index contributed by atoms with van der Waals surface area (Å²) in [5, 5.41) is 0. The fraction of sp³-hybridized carbons (Fsp3) is 0.938. The van der Waals surface area contributed by atoms with E-state index in [2.05, 4.69) is 6.92 Å². The van der Waals surface area contributed by atoms with Gasteiger partial charge >= 0.3 is 0 Å². The maximum absolute atomic E-state index is 12.6. The van der Waals surface area contributed by atoms with Crippen molar-refractivity contribution in [2.45, 2.75) is 71.1 Å². The number of hydrogen-bond donors (Lipinski definition) is 0. The van der Waals surface area contributed by atoms with Crippen molar-refractivity contribution in [3.63, 3.8) is 0 Å². The first-order valence-corrected chi connectivity index (χ1v) is 7.75. The molecule has 0 saturated heterocycles. The minimum absolute atomic E-state index is 0.169. The van der Waals surface area contributed by atoms with Gasteiger partial charge in [0.05, 0.1) is 0 Å². The van der Waals surface area contributed by atoms with Crippen LogP contribution in [0.5, 0.6) is 0 Å². The zero-order valence-corrected chi connectivity index (χ0v) is 11.2. The average molecular weight is 234 g/mol. The summed E-state index contributed by atoms with van der Waals surface area (Å²) in [4.78, 5) is 12.6. The zero-order chi connectivity index (χ0) is 11.9. The monoisotopic (exact) mass is 234 g/mol. The van der Waals surface area contributed by atoms with E-state index in [9.17, 15) is 4.79 Å². The highest BCUT2D eigenvalue weighted by Gasteiger charge is 2.53. The molecule has 4 bridgehead atoms. The third-order valence-electron chi connectivity index (χ3n) is 5.64. The Labute approximate surface area is 105 Å². The number of ketones is 1. The van der Waals surface area contributed by atoms with Crippen molar-refractivity contribution >= 4 is 5.78 Å². The van der Waals surface area contributed by atoms with Gasteiger partial charge in [-0.1, -0.05) is 19.8 Å². The molecule has 4 saturated carbocycles. The summed E-state index contributed by atoms with van der Waals surface area (Å²) >= 11 is 0. The minimum atomic E-state index is 0.169. The van der Waals surface area contributed by atoms with E-state index in [-0.39, 0.29) is 5.41 Å². The van der Waals surface area contributed by atoms with Crippen molar-refractivity contribution in [1.29, 1.82) is 0 Å². The van der Waals surface area contributed by atoms with Gasteiger partial charge in [-0.05, 0) is 62.7 Å². The van der Waals surface area contributed by atoms with Crippen molar-refractivity contribution in [2.75, 3.05) is 0 Å². The van der Waals surface area contributed by atoms with Crippen molar-refractivity contribution in [2.24, 2.45) is 23.2 Å². The van der Waals surface area contributed by atoms with E-state index in [4.69, 9.17) is 0 Å². The molecule has 0 amide bonds. The van der Waals surface area contributed by atoms with Gasteiger partial charge in [0, 0.05) is 11.8 Å². The van der Waals surface area contributed by atoms with Gasteiger partial charge in [-0.25, -0.2) is 0 Å². The predicted molar refractivity (Wildman–Crippen MR) is 69.8 cm³/mol. The molecule has 17 heavy (non-hydrogen) atoms. The summed E-state index contributed by atoms with van der Waals surface area (Å²) in [5.41, 5.74) is 0.169. The van der Waals surface area contributed by atoms with E-state index in [1.165, 1.54) is 51.4 Å². The van der Waals surface area contributed by atoms with Crippen LogP contribution in [0.1, 0.15) is 71.1 Å². The highest BCUT2D eigenvalue weighted by Crippen LogP contribution is 2.60. The number of Topliss-reactive ketones (excluding diaryl/α,β-unsaturated/α-hetero) is 1. The van der Waals surface area contributed by atoms with Crippen LogP contribution in [0.15, 0.2) is 0 Å². The van der Waals surface area contributed by atoms with Gasteiger partial charge in [-0.3, -0.25) is 4.79 Å². The van der Waals surface area contributed by atoms with E-state index in [1.807, 2.05) is 0 Å². The van der Waals surface area contributed by atoms with E-state index in [0.29, 0.717) is 5.78 Å². The Morgan fingerprint density at radius 3 is 2.00 bits per heavy atom. The number of unbranched alkanes of at least 4 members (excludes halogenated alkanes) is 2. The van der Waals surface area contributed by atoms with Gasteiger partial charge in [-0.2, -0.15) is 0 Å². The maximum Gasteiger partial charge on any atom is 0.139 e. The molecule has 96 valence electrons. The molecule has 1 nitrogen and oxygen atoms in total. The van der Waals surface area contributed by atoms with Crippen molar-refractivity contribution in [3.8, 4) is 0 Å². The van der Waals surface area contributed by atoms with E-state index in [1.54, 1.807) is 0 Å². The second-order valence-electron chi connectivity index (χ2n) is 7.08. The van der Waals surface area contributed by atoms with E-state index < -0.39 is 0 Å². The van der Waals surface area contributed by atoms with Gasteiger partial charge in [0.15, 0.2) is 0 Å². The normalized spacial score (nSPS) is 43.0. The summed E-state index contributed by atoms with van der Waals surface area (Å²) in [7, 11) is 0. The highest BCUT2D eigenvalue weighted by molar-refractivity contribution is 5.85. The molecule has 0 spiro atoms. The van der Waals surface area contributed by atoms with Crippen LogP contribution in [-0.2, 0) is 4.79 Å². The highest BCUT2D eigenvalue weighted by atomic mass is 16.1. The molecule has 4 rings (SSSR count). The second kappa shape index (κ2) is 4.40. The first-order valence-electron chi connectivity index (χ1n) is 7.75. The van der Waals surface area contributed by atoms with Crippen LogP contribution in [0.2, 0.25) is 0 Å². The first-order chi connectivity index (χ1) is 8.22. The lowest BCUT2D eigenvalue weighted by Gasteiger charge is -2.56. The Morgan fingerprint density at radius 1 is 1.00 bits per heavy atom. The molecule has 4 aliphatic rings. The molecule has 1 heteroatoms. The number of carbonyl (C=O) groups is 1. The Kier molecular flexibility index (Phi) is 3.04. The SMILES string of the molecule is CCCCCC(=O)C12CC3CC(CC(C3)C1)C2. The van der Waals surface area contributed by atoms with Gasteiger partial charge in [0.25, 0.3) is 0 Å². The smallest absolute Gasteiger partial charge is 0.139 e. The number of carbonyl (C=O) groups excluding carboxylic acids is 1. The van der Waals surface area contributed by atoms with Crippen molar-refractivity contribution < 1.29 is 4.79 Å². The summed E-state index contributed by atoms with van der Waals surface area (Å²) in [6.45, 7) is 2.22. The van der Waals surface area contributed by atoms with Gasteiger partial charge < -0.3 is 0 Å². The molecule has 4 fully saturated rings. The summed E-state index contributed by atoms with van der Waals surface area (Å²) in [6.07, 6.45) is 12.6. The fourth-order valence-corrected chi connectivity index (χ4v) is 5.25. The molecule has 0 unspecified atom stereocenters. The number of rotatable bonds is 5. The molecule has 0 N–H and O–H groups in total. The van der Waals surface area contributed by atoms with Crippen LogP contribution in [0.4, 0.5) is 0 Å². The zero-order valence-electron chi connectivity index (χ0n) is 11.2. The third kappa shape index (κ3) is 2.06. The predicted octanol–water partition coefficient (Wildman–Crippen LogP) is 4.35. The van der Waals surface area contributed by atoms with Crippen LogP contribution >= 0.6 is 0 Å². The minimum Gasteiger partial charge on any atom is -0.299 e. The molecule has 0 aromatic heterocycles. The molecule has 0 atom stereocenters. The lowest BCUT2D eigenvalue weighted by atomic mass is 9.48. The van der Waals surface area contributed by atoms with Gasteiger partial charge in [0.2, 0.25) is 0 Å². The van der Waals surface area contributed by atoms with Crippen LogP contribution in [0.25, 0.3) is 0 Å². The van der Waals surface area contributed by atoms with E-state index >= 15 is 0 Å². The Balaban J connectivity index is 1.67. The standard InChI is InChI=1S/C16H26O/c1-2-3-4-5-15(17)16-9-12-6-13(10-16)8-14(7-12)11-16/h12-14H,2-11H2,1H3. The first kappa shape index (κ1) is 11.7. The molecule has 0 radical (unpaired) electrons. The molecule has 0 aliphatic heterocycles. The fourth-order valence-electron chi connectivity index (χ4n) is 5.25. The lowest BCUT2D eigenvalue weighted by Crippen LogP contribution is -2.49. The van der Waals surface area contributed by atoms with Gasteiger partial charge in [-0.15, -0.1) is 0 Å². The van der Waals surface area contributed by atoms with Crippen molar-refractivity contribution in [3.05, 3.63) is 0 Å². The quantitative estimate of drug-likeness (QED) is 0.646. The molecular weight excluding hydrogens is 208 g/mol. The molecular formula is C16H26O. The van der Waals surface area contributed by atoms with Crippen molar-refractivity contribution in [1.82, 2.24) is 0 Å². The Morgan fingerprint density at radius 2 is 1.53 bits per heavy atom. The Bertz CT molecular complexity index is 269. The molecule has 4 aliphatic carbocycles. The summed E-state index contributed by atoms with van der Waals surface area (Å²) in [5.74, 6) is 3.38. The Hall–Kier alpha value is -0.330. The topological polar surface area (TPSA) is 17.1 Å². The summed E-state index contributed by atoms with van der Waals surface area (Å²) < 4.78 is 0. The van der Waals surface area contributed by atoms with E-state index in [0.717, 1.165) is 30.6 Å². The number of hydrogen-bond acceptors (Lipinski definition) is 1. The summed E-state index contributed by atoms with van der Waals surface area (Å²) in [6, 6.07) is 0. The van der Waals surface area contributed by atoms with Crippen LogP contribution in [0, 0.1) is 23.2 Å². The van der Waals surface area contributed by atoms with Gasteiger partial charge in [0.1, 0.15) is 5.78 Å². The maximum atomic E-state index is 12.6.